The average molecular weight is 288 g/mol. The maximum absolute atomic E-state index is 12.1. The lowest BCUT2D eigenvalue weighted by Crippen LogP contribution is -2.38. The second-order valence-electron chi connectivity index (χ2n) is 5.10. The van der Waals surface area contributed by atoms with Crippen LogP contribution in [0, 0.1) is 0 Å². The van der Waals surface area contributed by atoms with Gasteiger partial charge in [-0.25, -0.2) is 0 Å². The standard InChI is InChI=1S/C16H20N2O3/c1-18(13-9-5-6-10-13)14(19)11-17-15(16(20)21)12-7-3-2-4-8-12/h2-4,7-9,15,17H,5-6,10-11H2,1H3,(H,20,21). The Hall–Kier alpha value is -2.14. The van der Waals surface area contributed by atoms with Crippen molar-refractivity contribution in [1.82, 2.24) is 10.2 Å². The van der Waals surface area contributed by atoms with Gasteiger partial charge in [0.2, 0.25) is 5.91 Å². The molecule has 112 valence electrons. The fraction of sp³-hybridized carbons (Fsp3) is 0.375. The number of aliphatic carboxylic acids is 1. The van der Waals surface area contributed by atoms with E-state index in [1.54, 1.807) is 36.2 Å². The molecular formula is C16H20N2O3. The molecule has 0 saturated carbocycles. The second kappa shape index (κ2) is 7.04. The van der Waals surface area contributed by atoms with Crippen molar-refractivity contribution in [2.24, 2.45) is 0 Å². The molecule has 0 bridgehead atoms. The maximum Gasteiger partial charge on any atom is 0.325 e. The Morgan fingerprint density at radius 1 is 1.33 bits per heavy atom. The fourth-order valence-corrected chi connectivity index (χ4v) is 2.42. The minimum atomic E-state index is -0.989. The fourth-order valence-electron chi connectivity index (χ4n) is 2.42. The smallest absolute Gasteiger partial charge is 0.325 e. The van der Waals surface area contributed by atoms with Crippen LogP contribution in [0.5, 0.6) is 0 Å². The number of hydrogen-bond donors (Lipinski definition) is 2. The molecule has 1 aliphatic carbocycles. The summed E-state index contributed by atoms with van der Waals surface area (Å²) in [4.78, 5) is 25.1. The molecule has 1 atom stereocenters. The van der Waals surface area contributed by atoms with Crippen molar-refractivity contribution >= 4 is 11.9 Å². The molecule has 0 fully saturated rings. The van der Waals surface area contributed by atoms with Gasteiger partial charge in [0.05, 0.1) is 6.54 Å². The SMILES string of the molecule is CN(C(=O)CNC(C(=O)O)c1ccccc1)C1=CCCC1. The quantitative estimate of drug-likeness (QED) is 0.839. The maximum atomic E-state index is 12.1. The van der Waals surface area contributed by atoms with E-state index in [2.05, 4.69) is 11.4 Å². The van der Waals surface area contributed by atoms with Crippen molar-refractivity contribution < 1.29 is 14.7 Å². The van der Waals surface area contributed by atoms with E-state index in [0.717, 1.165) is 25.0 Å². The summed E-state index contributed by atoms with van der Waals surface area (Å²) in [5.74, 6) is -1.11. The zero-order chi connectivity index (χ0) is 15.2. The molecule has 0 aliphatic heterocycles. The van der Waals surface area contributed by atoms with Crippen LogP contribution in [-0.2, 0) is 9.59 Å². The largest absolute Gasteiger partial charge is 0.480 e. The molecule has 1 amide bonds. The summed E-state index contributed by atoms with van der Waals surface area (Å²) in [5.41, 5.74) is 1.66. The number of rotatable bonds is 6. The van der Waals surface area contributed by atoms with Crippen molar-refractivity contribution in [3.05, 3.63) is 47.7 Å². The van der Waals surface area contributed by atoms with Crippen LogP contribution in [0.15, 0.2) is 42.1 Å². The number of amides is 1. The third-order valence-corrected chi connectivity index (χ3v) is 3.66. The van der Waals surface area contributed by atoms with Crippen molar-refractivity contribution in [2.45, 2.75) is 25.3 Å². The first-order valence-corrected chi connectivity index (χ1v) is 7.06. The van der Waals surface area contributed by atoms with E-state index < -0.39 is 12.0 Å². The Balaban J connectivity index is 1.96. The van der Waals surface area contributed by atoms with Crippen LogP contribution in [0.4, 0.5) is 0 Å². The molecule has 1 unspecified atom stereocenters. The Morgan fingerprint density at radius 2 is 2.05 bits per heavy atom. The Labute approximate surface area is 124 Å². The molecule has 1 aromatic rings. The molecule has 0 saturated heterocycles. The number of carboxylic acids is 1. The summed E-state index contributed by atoms with van der Waals surface area (Å²) in [7, 11) is 1.74. The van der Waals surface area contributed by atoms with E-state index in [-0.39, 0.29) is 12.5 Å². The number of hydrogen-bond acceptors (Lipinski definition) is 3. The summed E-state index contributed by atoms with van der Waals surface area (Å²) in [6.45, 7) is -0.000297. The zero-order valence-corrected chi connectivity index (χ0v) is 12.1. The lowest BCUT2D eigenvalue weighted by molar-refractivity contribution is -0.139. The minimum absolute atomic E-state index is 0.000297. The average Bonchev–Trinajstić information content (AvgIpc) is 3.01. The zero-order valence-electron chi connectivity index (χ0n) is 12.1. The normalized spacial score (nSPS) is 15.4. The van der Waals surface area contributed by atoms with E-state index in [1.807, 2.05) is 6.07 Å². The number of nitrogens with one attached hydrogen (secondary N) is 1. The third-order valence-electron chi connectivity index (χ3n) is 3.66. The number of allylic oxidation sites excluding steroid dienone is 2. The van der Waals surface area contributed by atoms with Crippen molar-refractivity contribution in [1.29, 1.82) is 0 Å². The number of nitrogens with zero attached hydrogens (tertiary/aromatic N) is 1. The van der Waals surface area contributed by atoms with Crippen molar-refractivity contribution in [2.75, 3.05) is 13.6 Å². The highest BCUT2D eigenvalue weighted by Crippen LogP contribution is 2.20. The number of carbonyl (C=O) groups is 2. The van der Waals surface area contributed by atoms with Gasteiger partial charge in [-0.05, 0) is 24.8 Å². The summed E-state index contributed by atoms with van der Waals surface area (Å²) in [6.07, 6.45) is 5.04. The predicted molar refractivity (Wildman–Crippen MR) is 79.5 cm³/mol. The summed E-state index contributed by atoms with van der Waals surface area (Å²) >= 11 is 0. The van der Waals surface area contributed by atoms with E-state index in [4.69, 9.17) is 0 Å². The lowest BCUT2D eigenvalue weighted by atomic mass is 10.1. The molecule has 0 radical (unpaired) electrons. The van der Waals surface area contributed by atoms with Crippen molar-refractivity contribution in [3.63, 3.8) is 0 Å². The molecule has 5 heteroatoms. The Bertz CT molecular complexity index is 540. The summed E-state index contributed by atoms with van der Waals surface area (Å²) < 4.78 is 0. The van der Waals surface area contributed by atoms with Gasteiger partial charge in [-0.3, -0.25) is 14.9 Å². The van der Waals surface area contributed by atoms with Gasteiger partial charge in [-0.1, -0.05) is 36.4 Å². The molecule has 1 aromatic carbocycles. The first-order valence-electron chi connectivity index (χ1n) is 7.06. The molecule has 0 heterocycles. The molecule has 2 N–H and O–H groups in total. The highest BCUT2D eigenvalue weighted by molar-refractivity contribution is 5.81. The number of carboxylic acid groups (broad SMARTS) is 1. The van der Waals surface area contributed by atoms with Crippen LogP contribution >= 0.6 is 0 Å². The molecule has 5 nitrogen and oxygen atoms in total. The van der Waals surface area contributed by atoms with Gasteiger partial charge < -0.3 is 10.0 Å². The first-order chi connectivity index (χ1) is 10.1. The van der Waals surface area contributed by atoms with E-state index in [9.17, 15) is 14.7 Å². The molecule has 0 spiro atoms. The molecule has 1 aliphatic rings. The van der Waals surface area contributed by atoms with Crippen molar-refractivity contribution in [3.8, 4) is 0 Å². The Morgan fingerprint density at radius 3 is 2.62 bits per heavy atom. The van der Waals surface area contributed by atoms with Gasteiger partial charge in [0.1, 0.15) is 6.04 Å². The van der Waals surface area contributed by atoms with Gasteiger partial charge in [0, 0.05) is 12.7 Å². The van der Waals surface area contributed by atoms with Crippen LogP contribution in [-0.4, -0.2) is 35.5 Å². The van der Waals surface area contributed by atoms with Gasteiger partial charge >= 0.3 is 5.97 Å². The van der Waals surface area contributed by atoms with Crippen LogP contribution < -0.4 is 5.32 Å². The van der Waals surface area contributed by atoms with Gasteiger partial charge in [-0.2, -0.15) is 0 Å². The molecule has 0 aromatic heterocycles. The van der Waals surface area contributed by atoms with Crippen LogP contribution in [0.25, 0.3) is 0 Å². The number of benzene rings is 1. The van der Waals surface area contributed by atoms with Crippen LogP contribution in [0.2, 0.25) is 0 Å². The van der Waals surface area contributed by atoms with E-state index in [1.165, 1.54) is 0 Å². The summed E-state index contributed by atoms with van der Waals surface area (Å²) in [6, 6.07) is 7.99. The predicted octanol–water partition coefficient (Wildman–Crippen LogP) is 1.93. The highest BCUT2D eigenvalue weighted by Gasteiger charge is 2.22. The Kier molecular flexibility index (Phi) is 5.11. The third kappa shape index (κ3) is 3.92. The van der Waals surface area contributed by atoms with Gasteiger partial charge in [0.15, 0.2) is 0 Å². The topological polar surface area (TPSA) is 69.6 Å². The van der Waals surface area contributed by atoms with Gasteiger partial charge in [-0.15, -0.1) is 0 Å². The monoisotopic (exact) mass is 288 g/mol. The minimum Gasteiger partial charge on any atom is -0.480 e. The highest BCUT2D eigenvalue weighted by atomic mass is 16.4. The van der Waals surface area contributed by atoms with Gasteiger partial charge in [0.25, 0.3) is 0 Å². The van der Waals surface area contributed by atoms with E-state index in [0.29, 0.717) is 5.56 Å². The molecule has 21 heavy (non-hydrogen) atoms. The lowest BCUT2D eigenvalue weighted by Gasteiger charge is -2.21. The second-order valence-corrected chi connectivity index (χ2v) is 5.10. The number of carbonyl (C=O) groups excluding carboxylic acids is 1. The molecular weight excluding hydrogens is 268 g/mol. The first kappa shape index (κ1) is 15.3. The summed E-state index contributed by atoms with van der Waals surface area (Å²) in [5, 5.41) is 12.1. The molecule has 2 rings (SSSR count). The van der Waals surface area contributed by atoms with E-state index >= 15 is 0 Å². The van der Waals surface area contributed by atoms with Crippen LogP contribution in [0.1, 0.15) is 30.9 Å². The number of likely N-dealkylation sites (N-methyl/N-ethyl adjacent to an activating group) is 1. The van der Waals surface area contributed by atoms with Crippen LogP contribution in [0.3, 0.4) is 0 Å².